The van der Waals surface area contributed by atoms with Gasteiger partial charge in [-0.3, -0.25) is 0 Å². The Morgan fingerprint density at radius 2 is 2.00 bits per heavy atom. The number of benzene rings is 1. The molecule has 3 N–H and O–H groups in total. The monoisotopic (exact) mass is 354 g/mol. The molecule has 126 valence electrons. The Kier molecular flexibility index (Phi) is 9.19. The zero-order valence-electron chi connectivity index (χ0n) is 12.2. The predicted molar refractivity (Wildman–Crippen MR) is 83.1 cm³/mol. The number of rotatable bonds is 8. The molecule has 0 atom stereocenters. The number of unbranched alkanes of at least 4 members (excludes halogenated alkanes) is 1. The van der Waals surface area contributed by atoms with Gasteiger partial charge in [0.1, 0.15) is 5.82 Å². The molecule has 1 aromatic rings. The maximum atomic E-state index is 13.5. The van der Waals surface area contributed by atoms with Crippen molar-refractivity contribution in [3.05, 3.63) is 29.6 Å². The van der Waals surface area contributed by atoms with Gasteiger partial charge in [-0.15, -0.1) is 12.4 Å². The number of carbonyl (C=O) groups excluding carboxylic acids is 1. The van der Waals surface area contributed by atoms with Crippen LogP contribution in [-0.4, -0.2) is 34.1 Å². The third-order valence-electron chi connectivity index (χ3n) is 2.62. The summed E-state index contributed by atoms with van der Waals surface area (Å²) in [6.07, 6.45) is 1.26. The first-order chi connectivity index (χ1) is 9.90. The predicted octanol–water partition coefficient (Wildman–Crippen LogP) is 1.44. The minimum Gasteiger partial charge on any atom is -0.462 e. The lowest BCUT2D eigenvalue weighted by Crippen LogP contribution is -2.25. The van der Waals surface area contributed by atoms with Crippen molar-refractivity contribution >= 4 is 28.4 Å². The van der Waals surface area contributed by atoms with E-state index < -0.39 is 21.8 Å². The van der Waals surface area contributed by atoms with E-state index in [9.17, 15) is 17.6 Å². The fraction of sp³-hybridized carbons (Fsp3) is 0.462. The fourth-order valence-electron chi connectivity index (χ4n) is 1.61. The van der Waals surface area contributed by atoms with E-state index in [4.69, 9.17) is 10.5 Å². The quantitative estimate of drug-likeness (QED) is 0.543. The topological polar surface area (TPSA) is 98.5 Å². The van der Waals surface area contributed by atoms with Gasteiger partial charge in [0.2, 0.25) is 10.0 Å². The van der Waals surface area contributed by atoms with Crippen LogP contribution in [0.3, 0.4) is 0 Å². The van der Waals surface area contributed by atoms with Crippen molar-refractivity contribution in [2.45, 2.75) is 24.7 Å². The van der Waals surface area contributed by atoms with Crippen molar-refractivity contribution in [2.24, 2.45) is 5.73 Å². The first kappa shape index (κ1) is 20.8. The Balaban J connectivity index is 0.00000441. The first-order valence-electron chi connectivity index (χ1n) is 6.58. The lowest BCUT2D eigenvalue weighted by Gasteiger charge is -2.08. The largest absolute Gasteiger partial charge is 0.462 e. The summed E-state index contributed by atoms with van der Waals surface area (Å²) in [5.41, 5.74) is 5.17. The van der Waals surface area contributed by atoms with Crippen LogP contribution in [0.2, 0.25) is 0 Å². The molecule has 0 aromatic heterocycles. The number of hydrogen-bond acceptors (Lipinski definition) is 5. The maximum absolute atomic E-state index is 13.5. The minimum absolute atomic E-state index is 0. The highest BCUT2D eigenvalue weighted by atomic mass is 35.5. The van der Waals surface area contributed by atoms with Crippen LogP contribution in [0.25, 0.3) is 0 Å². The second-order valence-electron chi connectivity index (χ2n) is 4.29. The molecule has 1 aromatic carbocycles. The maximum Gasteiger partial charge on any atom is 0.338 e. The molecule has 0 unspecified atom stereocenters. The smallest absolute Gasteiger partial charge is 0.338 e. The summed E-state index contributed by atoms with van der Waals surface area (Å²) in [7, 11) is -3.87. The van der Waals surface area contributed by atoms with E-state index in [-0.39, 0.29) is 36.0 Å². The van der Waals surface area contributed by atoms with E-state index in [2.05, 4.69) is 4.72 Å². The van der Waals surface area contributed by atoms with Crippen LogP contribution >= 0.6 is 12.4 Å². The summed E-state index contributed by atoms with van der Waals surface area (Å²) in [5.74, 6) is -1.58. The van der Waals surface area contributed by atoms with E-state index >= 15 is 0 Å². The molecule has 0 radical (unpaired) electrons. The molecular formula is C13H20ClFN2O4S. The Morgan fingerprint density at radius 1 is 1.32 bits per heavy atom. The molecule has 0 spiro atoms. The summed E-state index contributed by atoms with van der Waals surface area (Å²) in [6.45, 7) is 2.39. The van der Waals surface area contributed by atoms with Crippen molar-refractivity contribution in [2.75, 3.05) is 19.7 Å². The third-order valence-corrected chi connectivity index (χ3v) is 4.06. The number of nitrogens with two attached hydrogens (primary N) is 1. The molecule has 0 aliphatic heterocycles. The standard InChI is InChI=1S/C13H19FN2O4S.ClH/c1-2-20-13(17)10-7-11(14)9-12(8-10)21(18,19)16-6-4-3-5-15;/h7-9,16H,2-6,15H2,1H3;1H. The number of carbonyl (C=O) groups is 1. The zero-order chi connectivity index (χ0) is 15.9. The number of halogens is 2. The lowest BCUT2D eigenvalue weighted by atomic mass is 10.2. The molecule has 1 rings (SSSR count). The average molecular weight is 355 g/mol. The minimum atomic E-state index is -3.87. The van der Waals surface area contributed by atoms with Crippen LogP contribution in [0.4, 0.5) is 4.39 Å². The van der Waals surface area contributed by atoms with E-state index in [0.29, 0.717) is 19.4 Å². The molecule has 0 amide bonds. The molecule has 22 heavy (non-hydrogen) atoms. The van der Waals surface area contributed by atoms with E-state index in [1.165, 1.54) is 0 Å². The van der Waals surface area contributed by atoms with Crippen molar-refractivity contribution in [1.29, 1.82) is 0 Å². The highest BCUT2D eigenvalue weighted by molar-refractivity contribution is 7.89. The van der Waals surface area contributed by atoms with E-state index in [0.717, 1.165) is 18.2 Å². The van der Waals surface area contributed by atoms with Crippen LogP contribution in [0.1, 0.15) is 30.1 Å². The summed E-state index contributed by atoms with van der Waals surface area (Å²) in [5, 5.41) is 0. The van der Waals surface area contributed by atoms with Gasteiger partial charge in [0.25, 0.3) is 0 Å². The van der Waals surface area contributed by atoms with Crippen LogP contribution in [0.5, 0.6) is 0 Å². The van der Waals surface area contributed by atoms with Crippen LogP contribution in [0, 0.1) is 5.82 Å². The van der Waals surface area contributed by atoms with E-state index in [1.54, 1.807) is 6.92 Å². The Bertz CT molecular complexity index is 596. The molecule has 0 saturated carbocycles. The van der Waals surface area contributed by atoms with Gasteiger partial charge in [0.05, 0.1) is 17.1 Å². The number of esters is 1. The second-order valence-corrected chi connectivity index (χ2v) is 6.06. The summed E-state index contributed by atoms with van der Waals surface area (Å²) >= 11 is 0. The Morgan fingerprint density at radius 3 is 2.59 bits per heavy atom. The van der Waals surface area contributed by atoms with Crippen LogP contribution < -0.4 is 10.5 Å². The molecule has 0 fully saturated rings. The highest BCUT2D eigenvalue weighted by Gasteiger charge is 2.18. The van der Waals surface area contributed by atoms with Crippen LogP contribution in [0.15, 0.2) is 23.1 Å². The van der Waals surface area contributed by atoms with Crippen molar-refractivity contribution in [3.63, 3.8) is 0 Å². The molecule has 6 nitrogen and oxygen atoms in total. The fourth-order valence-corrected chi connectivity index (χ4v) is 2.74. The van der Waals surface area contributed by atoms with Gasteiger partial charge in [-0.25, -0.2) is 22.3 Å². The summed E-state index contributed by atoms with van der Waals surface area (Å²) in [4.78, 5) is 11.3. The SMILES string of the molecule is CCOC(=O)c1cc(F)cc(S(=O)(=O)NCCCCN)c1.Cl. The molecule has 0 aliphatic carbocycles. The average Bonchev–Trinajstić information content (AvgIpc) is 2.43. The molecule has 0 bridgehead atoms. The third kappa shape index (κ3) is 6.27. The summed E-state index contributed by atoms with van der Waals surface area (Å²) in [6, 6.07) is 2.88. The zero-order valence-corrected chi connectivity index (χ0v) is 13.8. The van der Waals surface area contributed by atoms with Crippen LogP contribution in [-0.2, 0) is 14.8 Å². The molecule has 0 aliphatic rings. The lowest BCUT2D eigenvalue weighted by molar-refractivity contribution is 0.0525. The van der Waals surface area contributed by atoms with Gasteiger partial charge in [0, 0.05) is 6.54 Å². The van der Waals surface area contributed by atoms with Crippen molar-refractivity contribution in [3.8, 4) is 0 Å². The van der Waals surface area contributed by atoms with Gasteiger partial charge >= 0.3 is 5.97 Å². The molecule has 0 saturated heterocycles. The van der Waals surface area contributed by atoms with E-state index in [1.807, 2.05) is 0 Å². The van der Waals surface area contributed by atoms with Gasteiger partial charge in [-0.1, -0.05) is 0 Å². The number of ether oxygens (including phenoxy) is 1. The van der Waals surface area contributed by atoms with Crippen molar-refractivity contribution in [1.82, 2.24) is 4.72 Å². The molecule has 0 heterocycles. The van der Waals surface area contributed by atoms with Gasteiger partial charge < -0.3 is 10.5 Å². The number of nitrogens with one attached hydrogen (secondary N) is 1. The number of hydrogen-bond donors (Lipinski definition) is 2. The second kappa shape index (κ2) is 9.73. The summed E-state index contributed by atoms with van der Waals surface area (Å²) < 4.78 is 44.6. The highest BCUT2D eigenvalue weighted by Crippen LogP contribution is 2.15. The Labute approximate surface area is 135 Å². The van der Waals surface area contributed by atoms with Gasteiger partial charge in [0.15, 0.2) is 0 Å². The van der Waals surface area contributed by atoms with Crippen molar-refractivity contribution < 1.29 is 22.3 Å². The van der Waals surface area contributed by atoms with Gasteiger partial charge in [-0.05, 0) is 44.5 Å². The number of sulfonamides is 1. The van der Waals surface area contributed by atoms with Gasteiger partial charge in [-0.2, -0.15) is 0 Å². The Hall–Kier alpha value is -1.22. The molecule has 9 heteroatoms. The normalized spacial score (nSPS) is 10.9. The first-order valence-corrected chi connectivity index (χ1v) is 8.06. The molecular weight excluding hydrogens is 335 g/mol.